The van der Waals surface area contributed by atoms with Gasteiger partial charge in [0.1, 0.15) is 0 Å². The van der Waals surface area contributed by atoms with Crippen LogP contribution in [-0.2, 0) is 15.0 Å². The van der Waals surface area contributed by atoms with Crippen molar-refractivity contribution in [3.05, 3.63) is 29.8 Å². The Morgan fingerprint density at radius 3 is 2.24 bits per heavy atom. The lowest BCUT2D eigenvalue weighted by Gasteiger charge is -2.21. The van der Waals surface area contributed by atoms with Crippen molar-refractivity contribution in [3.63, 3.8) is 0 Å². The zero-order chi connectivity index (χ0) is 16.2. The third-order valence-corrected chi connectivity index (χ3v) is 3.97. The molecule has 0 aliphatic rings. The van der Waals surface area contributed by atoms with E-state index in [1.54, 1.807) is 38.1 Å². The number of carbonyl (C=O) groups excluding carboxylic acids is 1. The topological polar surface area (TPSA) is 92.4 Å². The minimum Gasteiger partial charge on any atom is -0.481 e. The molecule has 2 unspecified atom stereocenters. The highest BCUT2D eigenvalue weighted by molar-refractivity contribution is 5.95. The molecule has 0 aliphatic heterocycles. The van der Waals surface area contributed by atoms with Gasteiger partial charge in [-0.1, -0.05) is 32.4 Å². The predicted octanol–water partition coefficient (Wildman–Crippen LogP) is 2.36. The summed E-state index contributed by atoms with van der Waals surface area (Å²) in [5.41, 5.74) is 6.20. The van der Waals surface area contributed by atoms with Crippen LogP contribution in [0, 0.1) is 5.92 Å². The molecule has 0 heterocycles. The summed E-state index contributed by atoms with van der Waals surface area (Å²) in [6, 6.07) is 6.25. The number of carbonyl (C=O) groups is 2. The van der Waals surface area contributed by atoms with Crippen LogP contribution in [0.25, 0.3) is 0 Å². The second kappa shape index (κ2) is 6.72. The lowest BCUT2D eigenvalue weighted by atomic mass is 9.85. The molecule has 1 aromatic rings. The number of carboxylic acids is 1. The average Bonchev–Trinajstić information content (AvgIpc) is 2.45. The van der Waals surface area contributed by atoms with E-state index in [4.69, 9.17) is 5.73 Å². The molecule has 116 valence electrons. The fourth-order valence-electron chi connectivity index (χ4n) is 1.83. The minimum atomic E-state index is -0.963. The van der Waals surface area contributed by atoms with Crippen molar-refractivity contribution in [2.75, 3.05) is 5.32 Å². The van der Waals surface area contributed by atoms with Crippen LogP contribution in [0.1, 0.15) is 39.7 Å². The van der Waals surface area contributed by atoms with Crippen molar-refractivity contribution in [2.24, 2.45) is 11.7 Å². The lowest BCUT2D eigenvalue weighted by molar-refractivity contribution is -0.142. The van der Waals surface area contributed by atoms with E-state index in [0.29, 0.717) is 11.3 Å². The molecule has 2 atom stereocenters. The van der Waals surface area contributed by atoms with Crippen molar-refractivity contribution in [1.82, 2.24) is 0 Å². The molecular weight excluding hydrogens is 268 g/mol. The monoisotopic (exact) mass is 292 g/mol. The Balaban J connectivity index is 2.80. The molecule has 4 N–H and O–H groups in total. The molecule has 0 radical (unpaired) electrons. The number of hydrogen-bond donors (Lipinski definition) is 3. The normalized spacial score (nSPS) is 14.3. The summed E-state index contributed by atoms with van der Waals surface area (Å²) in [5.74, 6) is -1.01. The van der Waals surface area contributed by atoms with Crippen molar-refractivity contribution < 1.29 is 14.7 Å². The van der Waals surface area contributed by atoms with Crippen molar-refractivity contribution in [1.29, 1.82) is 0 Å². The number of aliphatic carboxylic acids is 1. The number of carboxylic acid groups (broad SMARTS) is 1. The van der Waals surface area contributed by atoms with Gasteiger partial charge in [0, 0.05) is 5.69 Å². The Bertz CT molecular complexity index is 509. The van der Waals surface area contributed by atoms with Gasteiger partial charge in [-0.05, 0) is 37.5 Å². The summed E-state index contributed by atoms with van der Waals surface area (Å²) in [6.45, 7) is 7.20. The molecule has 0 aliphatic carbocycles. The SMILES string of the molecule is CCC(C)C(N)C(=O)Nc1ccc(C(C)(C)C(=O)O)cc1. The fraction of sp³-hybridized carbons (Fsp3) is 0.500. The van der Waals surface area contributed by atoms with E-state index in [2.05, 4.69) is 5.32 Å². The first kappa shape index (κ1) is 17.2. The third-order valence-electron chi connectivity index (χ3n) is 3.97. The highest BCUT2D eigenvalue weighted by atomic mass is 16.4. The smallest absolute Gasteiger partial charge is 0.313 e. The molecule has 0 aromatic heterocycles. The minimum absolute atomic E-state index is 0.107. The molecule has 0 spiro atoms. The van der Waals surface area contributed by atoms with Crippen LogP contribution in [0.5, 0.6) is 0 Å². The molecule has 1 aromatic carbocycles. The summed E-state index contributed by atoms with van der Waals surface area (Å²) in [5, 5.41) is 11.9. The number of rotatable bonds is 6. The third kappa shape index (κ3) is 4.04. The van der Waals surface area contributed by atoms with Crippen LogP contribution in [0.2, 0.25) is 0 Å². The predicted molar refractivity (Wildman–Crippen MR) is 83.2 cm³/mol. The molecular formula is C16H24N2O3. The number of hydrogen-bond acceptors (Lipinski definition) is 3. The second-order valence-electron chi connectivity index (χ2n) is 5.91. The van der Waals surface area contributed by atoms with E-state index in [1.165, 1.54) is 0 Å². The second-order valence-corrected chi connectivity index (χ2v) is 5.91. The van der Waals surface area contributed by atoms with Gasteiger partial charge in [0.05, 0.1) is 11.5 Å². The molecule has 0 saturated heterocycles. The van der Waals surface area contributed by atoms with Crippen LogP contribution < -0.4 is 11.1 Å². The Labute approximate surface area is 125 Å². The maximum absolute atomic E-state index is 12.0. The highest BCUT2D eigenvalue weighted by Crippen LogP contribution is 2.24. The maximum Gasteiger partial charge on any atom is 0.313 e. The number of nitrogens with two attached hydrogens (primary N) is 1. The zero-order valence-electron chi connectivity index (χ0n) is 13.0. The Kier molecular flexibility index (Phi) is 5.49. The number of benzene rings is 1. The van der Waals surface area contributed by atoms with E-state index in [1.807, 2.05) is 13.8 Å². The standard InChI is InChI=1S/C16H24N2O3/c1-5-10(2)13(17)14(19)18-12-8-6-11(7-9-12)16(3,4)15(20)21/h6-10,13H,5,17H2,1-4H3,(H,18,19)(H,20,21). The number of amides is 1. The zero-order valence-corrected chi connectivity index (χ0v) is 13.0. The summed E-state index contributed by atoms with van der Waals surface area (Å²) in [4.78, 5) is 23.2. The molecule has 0 bridgehead atoms. The van der Waals surface area contributed by atoms with Crippen LogP contribution in [0.15, 0.2) is 24.3 Å². The lowest BCUT2D eigenvalue weighted by Crippen LogP contribution is -2.40. The van der Waals surface area contributed by atoms with E-state index in [0.717, 1.165) is 6.42 Å². The maximum atomic E-state index is 12.0. The first-order valence-electron chi connectivity index (χ1n) is 7.10. The van der Waals surface area contributed by atoms with Gasteiger partial charge < -0.3 is 16.2 Å². The van der Waals surface area contributed by atoms with Gasteiger partial charge in [-0.15, -0.1) is 0 Å². The van der Waals surface area contributed by atoms with Gasteiger partial charge in [0.25, 0.3) is 0 Å². The molecule has 5 heteroatoms. The first-order valence-corrected chi connectivity index (χ1v) is 7.10. The molecule has 0 fully saturated rings. The van der Waals surface area contributed by atoms with Crippen molar-refractivity contribution >= 4 is 17.6 Å². The van der Waals surface area contributed by atoms with Crippen LogP contribution >= 0.6 is 0 Å². The van der Waals surface area contributed by atoms with Crippen molar-refractivity contribution in [3.8, 4) is 0 Å². The number of anilines is 1. The highest BCUT2D eigenvalue weighted by Gasteiger charge is 2.29. The summed E-state index contributed by atoms with van der Waals surface area (Å²) in [6.07, 6.45) is 0.834. The Morgan fingerprint density at radius 2 is 1.81 bits per heavy atom. The summed E-state index contributed by atoms with van der Waals surface area (Å²) >= 11 is 0. The molecule has 1 amide bonds. The van der Waals surface area contributed by atoms with Gasteiger partial charge in [0.2, 0.25) is 5.91 Å². The first-order chi connectivity index (χ1) is 9.70. The van der Waals surface area contributed by atoms with Gasteiger partial charge in [-0.2, -0.15) is 0 Å². The molecule has 21 heavy (non-hydrogen) atoms. The number of nitrogens with one attached hydrogen (secondary N) is 1. The van der Waals surface area contributed by atoms with E-state index in [-0.39, 0.29) is 11.8 Å². The van der Waals surface area contributed by atoms with Crippen molar-refractivity contribution in [2.45, 2.75) is 45.6 Å². The van der Waals surface area contributed by atoms with E-state index >= 15 is 0 Å². The summed E-state index contributed by atoms with van der Waals surface area (Å²) < 4.78 is 0. The summed E-state index contributed by atoms with van der Waals surface area (Å²) in [7, 11) is 0. The Hall–Kier alpha value is -1.88. The van der Waals surface area contributed by atoms with Gasteiger partial charge in [0.15, 0.2) is 0 Å². The molecule has 5 nitrogen and oxygen atoms in total. The van der Waals surface area contributed by atoms with Gasteiger partial charge >= 0.3 is 5.97 Å². The molecule has 1 rings (SSSR count). The van der Waals surface area contributed by atoms with Gasteiger partial charge in [-0.25, -0.2) is 0 Å². The van der Waals surface area contributed by atoms with Crippen LogP contribution in [-0.4, -0.2) is 23.0 Å². The fourth-order valence-corrected chi connectivity index (χ4v) is 1.83. The quantitative estimate of drug-likeness (QED) is 0.750. The van der Waals surface area contributed by atoms with E-state index < -0.39 is 17.4 Å². The molecule has 0 saturated carbocycles. The van der Waals surface area contributed by atoms with Crippen LogP contribution in [0.3, 0.4) is 0 Å². The van der Waals surface area contributed by atoms with Gasteiger partial charge in [-0.3, -0.25) is 9.59 Å². The average molecular weight is 292 g/mol. The largest absolute Gasteiger partial charge is 0.481 e. The van der Waals surface area contributed by atoms with E-state index in [9.17, 15) is 14.7 Å². The Morgan fingerprint density at radius 1 is 1.29 bits per heavy atom. The van der Waals surface area contributed by atoms with Crippen LogP contribution in [0.4, 0.5) is 5.69 Å².